The van der Waals surface area contributed by atoms with Gasteiger partial charge in [-0.25, -0.2) is 0 Å². The highest BCUT2D eigenvalue weighted by Gasteiger charge is 2.22. The first-order chi connectivity index (χ1) is 11.2. The van der Waals surface area contributed by atoms with Crippen LogP contribution in [0.25, 0.3) is 0 Å². The molecular weight excluding hydrogens is 288 g/mol. The largest absolute Gasteiger partial charge is 0.489 e. The summed E-state index contributed by atoms with van der Waals surface area (Å²) >= 11 is 0. The summed E-state index contributed by atoms with van der Waals surface area (Å²) in [4.78, 5) is 12.2. The molecule has 1 aliphatic rings. The molecule has 4 nitrogen and oxygen atoms in total. The van der Waals surface area contributed by atoms with Crippen LogP contribution >= 0.6 is 0 Å². The van der Waals surface area contributed by atoms with Crippen molar-refractivity contribution in [3.8, 4) is 5.75 Å². The molecule has 1 unspecified atom stereocenters. The minimum Gasteiger partial charge on any atom is -0.489 e. The van der Waals surface area contributed by atoms with Gasteiger partial charge in [0.15, 0.2) is 0 Å². The van der Waals surface area contributed by atoms with Crippen molar-refractivity contribution in [3.05, 3.63) is 59.7 Å². The van der Waals surface area contributed by atoms with Gasteiger partial charge in [-0.05, 0) is 37.6 Å². The van der Waals surface area contributed by atoms with Gasteiger partial charge in [-0.15, -0.1) is 0 Å². The van der Waals surface area contributed by atoms with Crippen molar-refractivity contribution in [2.75, 3.05) is 18.4 Å². The lowest BCUT2D eigenvalue weighted by atomic mass is 10.1. The van der Waals surface area contributed by atoms with Gasteiger partial charge in [-0.2, -0.15) is 0 Å². The van der Waals surface area contributed by atoms with Gasteiger partial charge in [0.05, 0.1) is 5.92 Å². The second kappa shape index (κ2) is 7.29. The van der Waals surface area contributed by atoms with Gasteiger partial charge in [-0.1, -0.05) is 35.9 Å². The predicted molar refractivity (Wildman–Crippen MR) is 91.6 cm³/mol. The zero-order chi connectivity index (χ0) is 16.1. The molecule has 2 aromatic carbocycles. The number of nitrogens with one attached hydrogen (secondary N) is 2. The van der Waals surface area contributed by atoms with Gasteiger partial charge in [-0.3, -0.25) is 4.79 Å². The highest BCUT2D eigenvalue weighted by atomic mass is 16.5. The lowest BCUT2D eigenvalue weighted by molar-refractivity contribution is -0.119. The van der Waals surface area contributed by atoms with E-state index in [1.54, 1.807) is 0 Å². The molecule has 0 bridgehead atoms. The van der Waals surface area contributed by atoms with E-state index in [0.717, 1.165) is 36.5 Å². The molecule has 3 rings (SSSR count). The number of hydrogen-bond acceptors (Lipinski definition) is 3. The third kappa shape index (κ3) is 4.33. The number of rotatable bonds is 5. The monoisotopic (exact) mass is 310 g/mol. The zero-order valence-electron chi connectivity index (χ0n) is 13.3. The van der Waals surface area contributed by atoms with Crippen molar-refractivity contribution >= 4 is 11.6 Å². The molecule has 1 aliphatic heterocycles. The quantitative estimate of drug-likeness (QED) is 0.892. The van der Waals surface area contributed by atoms with E-state index in [0.29, 0.717) is 6.61 Å². The first kappa shape index (κ1) is 15.6. The van der Waals surface area contributed by atoms with Crippen LogP contribution in [0.15, 0.2) is 48.5 Å². The van der Waals surface area contributed by atoms with Crippen LogP contribution in [0.2, 0.25) is 0 Å². The Balaban J connectivity index is 1.59. The summed E-state index contributed by atoms with van der Waals surface area (Å²) in [7, 11) is 0. The van der Waals surface area contributed by atoms with Crippen LogP contribution in [0.5, 0.6) is 5.75 Å². The van der Waals surface area contributed by atoms with E-state index in [1.807, 2.05) is 36.4 Å². The van der Waals surface area contributed by atoms with E-state index < -0.39 is 0 Å². The van der Waals surface area contributed by atoms with Gasteiger partial charge in [0.1, 0.15) is 12.4 Å². The summed E-state index contributed by atoms with van der Waals surface area (Å²) in [5, 5.41) is 6.18. The number of carbonyl (C=O) groups excluding carboxylic acids is 1. The molecule has 2 aromatic rings. The van der Waals surface area contributed by atoms with E-state index >= 15 is 0 Å². The molecule has 1 atom stereocenters. The Morgan fingerprint density at radius 3 is 2.91 bits per heavy atom. The maximum Gasteiger partial charge on any atom is 0.228 e. The fourth-order valence-electron chi connectivity index (χ4n) is 2.75. The lowest BCUT2D eigenvalue weighted by Crippen LogP contribution is -2.24. The SMILES string of the molecule is Cc1cccc(COc2cccc(NC(=O)C3CCNC3)c2)c1. The molecule has 0 saturated carbocycles. The number of benzene rings is 2. The van der Waals surface area contributed by atoms with Gasteiger partial charge in [0.25, 0.3) is 0 Å². The van der Waals surface area contributed by atoms with Crippen LogP contribution in [0.3, 0.4) is 0 Å². The average Bonchev–Trinajstić information content (AvgIpc) is 3.08. The van der Waals surface area contributed by atoms with Crippen LogP contribution in [0, 0.1) is 12.8 Å². The minimum absolute atomic E-state index is 0.0619. The summed E-state index contributed by atoms with van der Waals surface area (Å²) in [5.74, 6) is 0.895. The molecule has 1 fully saturated rings. The van der Waals surface area contributed by atoms with E-state index in [2.05, 4.69) is 29.7 Å². The molecule has 0 spiro atoms. The standard InChI is InChI=1S/C19H22N2O2/c1-14-4-2-5-15(10-14)13-23-18-7-3-6-17(11-18)21-19(22)16-8-9-20-12-16/h2-7,10-11,16,20H,8-9,12-13H2,1H3,(H,21,22). The second-order valence-electron chi connectivity index (χ2n) is 5.98. The number of anilines is 1. The number of amides is 1. The Labute approximate surface area is 136 Å². The van der Waals surface area contributed by atoms with Crippen molar-refractivity contribution < 1.29 is 9.53 Å². The molecule has 1 heterocycles. The first-order valence-electron chi connectivity index (χ1n) is 8.01. The Bertz CT molecular complexity index is 679. The fourth-order valence-corrected chi connectivity index (χ4v) is 2.75. The summed E-state index contributed by atoms with van der Waals surface area (Å²) in [6.45, 7) is 4.26. The Kier molecular flexibility index (Phi) is 4.93. The Morgan fingerprint density at radius 2 is 2.13 bits per heavy atom. The normalized spacial score (nSPS) is 17.0. The summed E-state index contributed by atoms with van der Waals surface area (Å²) in [5.41, 5.74) is 3.14. The molecule has 23 heavy (non-hydrogen) atoms. The molecule has 120 valence electrons. The Morgan fingerprint density at radius 1 is 1.26 bits per heavy atom. The summed E-state index contributed by atoms with van der Waals surface area (Å²) in [6.07, 6.45) is 0.898. The first-order valence-corrected chi connectivity index (χ1v) is 8.01. The van der Waals surface area contributed by atoms with E-state index in [9.17, 15) is 4.79 Å². The lowest BCUT2D eigenvalue weighted by Gasteiger charge is -2.12. The van der Waals surface area contributed by atoms with E-state index in [4.69, 9.17) is 4.74 Å². The maximum atomic E-state index is 12.2. The zero-order valence-corrected chi connectivity index (χ0v) is 13.3. The van der Waals surface area contributed by atoms with Crippen LogP contribution in [0.1, 0.15) is 17.5 Å². The molecule has 0 aliphatic carbocycles. The van der Waals surface area contributed by atoms with Crippen LogP contribution in [0.4, 0.5) is 5.69 Å². The molecular formula is C19H22N2O2. The van der Waals surface area contributed by atoms with Gasteiger partial charge in [0.2, 0.25) is 5.91 Å². The van der Waals surface area contributed by atoms with Crippen LogP contribution in [-0.2, 0) is 11.4 Å². The number of ether oxygens (including phenoxy) is 1. The summed E-state index contributed by atoms with van der Waals surface area (Å²) < 4.78 is 5.83. The predicted octanol–water partition coefficient (Wildman–Crippen LogP) is 3.12. The smallest absolute Gasteiger partial charge is 0.228 e. The molecule has 4 heteroatoms. The van der Waals surface area contributed by atoms with E-state index in [-0.39, 0.29) is 11.8 Å². The topological polar surface area (TPSA) is 50.4 Å². The van der Waals surface area contributed by atoms with E-state index in [1.165, 1.54) is 5.56 Å². The molecule has 0 radical (unpaired) electrons. The molecule has 0 aromatic heterocycles. The third-order valence-corrected chi connectivity index (χ3v) is 4.02. The molecule has 1 saturated heterocycles. The number of carbonyl (C=O) groups is 1. The third-order valence-electron chi connectivity index (χ3n) is 4.02. The fraction of sp³-hybridized carbons (Fsp3) is 0.316. The number of aryl methyl sites for hydroxylation is 1. The van der Waals surface area contributed by atoms with Crippen molar-refractivity contribution in [3.63, 3.8) is 0 Å². The molecule has 1 amide bonds. The van der Waals surface area contributed by atoms with Crippen molar-refractivity contribution in [1.82, 2.24) is 5.32 Å². The average molecular weight is 310 g/mol. The second-order valence-corrected chi connectivity index (χ2v) is 5.98. The van der Waals surface area contributed by atoms with Crippen LogP contribution in [-0.4, -0.2) is 19.0 Å². The highest BCUT2D eigenvalue weighted by molar-refractivity contribution is 5.93. The van der Waals surface area contributed by atoms with Gasteiger partial charge in [0, 0.05) is 18.3 Å². The van der Waals surface area contributed by atoms with Crippen molar-refractivity contribution in [1.29, 1.82) is 0 Å². The molecule has 2 N–H and O–H groups in total. The van der Waals surface area contributed by atoms with Crippen LogP contribution < -0.4 is 15.4 Å². The number of hydrogen-bond donors (Lipinski definition) is 2. The minimum atomic E-state index is 0.0619. The maximum absolute atomic E-state index is 12.2. The van der Waals surface area contributed by atoms with Crippen molar-refractivity contribution in [2.24, 2.45) is 5.92 Å². The Hall–Kier alpha value is -2.33. The summed E-state index contributed by atoms with van der Waals surface area (Å²) in [6, 6.07) is 15.8. The van der Waals surface area contributed by atoms with Gasteiger partial charge < -0.3 is 15.4 Å². The van der Waals surface area contributed by atoms with Crippen molar-refractivity contribution in [2.45, 2.75) is 20.0 Å². The van der Waals surface area contributed by atoms with Gasteiger partial charge >= 0.3 is 0 Å². The highest BCUT2D eigenvalue weighted by Crippen LogP contribution is 2.20.